The molecule has 3 nitrogen and oxygen atoms in total. The second-order valence-electron chi connectivity index (χ2n) is 6.72. The fourth-order valence-electron chi connectivity index (χ4n) is 3.51. The maximum absolute atomic E-state index is 13.2. The molecule has 5 rings (SSSR count). The Bertz CT molecular complexity index is 1300. The number of nitrogens with zero attached hydrogens (tertiary/aromatic N) is 1. The van der Waals surface area contributed by atoms with Gasteiger partial charge < -0.3 is 5.32 Å². The number of para-hydroxylation sites is 3. The number of hydrogen-bond donors (Lipinski definition) is 1. The molecular formula is C25H18N2OS. The first-order valence-corrected chi connectivity index (χ1v) is 10.6. The average molecular weight is 394 g/mol. The first-order valence-electron chi connectivity index (χ1n) is 9.41. The fraction of sp³-hybridized carbons (Fsp3) is 0. The van der Waals surface area contributed by atoms with Gasteiger partial charge >= 0.3 is 0 Å². The van der Waals surface area contributed by atoms with Crippen LogP contribution in [-0.4, -0.2) is 9.19 Å². The summed E-state index contributed by atoms with van der Waals surface area (Å²) in [6, 6.07) is 33.5. The van der Waals surface area contributed by atoms with Crippen LogP contribution in [0.15, 0.2) is 113 Å². The number of aromatic nitrogens is 1. The molecule has 0 bridgehead atoms. The van der Waals surface area contributed by atoms with Gasteiger partial charge in [-0.05, 0) is 36.4 Å². The lowest BCUT2D eigenvalue weighted by Crippen LogP contribution is -2.01. The van der Waals surface area contributed by atoms with Gasteiger partial charge in [-0.3, -0.25) is 0 Å². The van der Waals surface area contributed by atoms with Crippen LogP contribution in [0.25, 0.3) is 21.8 Å². The Morgan fingerprint density at radius 1 is 0.621 bits per heavy atom. The van der Waals surface area contributed by atoms with Crippen LogP contribution in [0.2, 0.25) is 0 Å². The summed E-state index contributed by atoms with van der Waals surface area (Å²) in [5.41, 5.74) is 3.66. The van der Waals surface area contributed by atoms with Gasteiger partial charge in [-0.15, -0.1) is 0 Å². The minimum atomic E-state index is -1.28. The van der Waals surface area contributed by atoms with Crippen molar-refractivity contribution in [3.63, 3.8) is 0 Å². The Balaban J connectivity index is 1.68. The Hall–Kier alpha value is -3.50. The monoisotopic (exact) mass is 394 g/mol. The van der Waals surface area contributed by atoms with Crippen LogP contribution in [0.3, 0.4) is 0 Å². The van der Waals surface area contributed by atoms with Gasteiger partial charge in [-0.2, -0.15) is 0 Å². The van der Waals surface area contributed by atoms with Gasteiger partial charge in [0, 0.05) is 15.7 Å². The Morgan fingerprint density at radius 3 is 1.86 bits per heavy atom. The third-order valence-electron chi connectivity index (χ3n) is 4.89. The van der Waals surface area contributed by atoms with Crippen molar-refractivity contribution >= 4 is 44.0 Å². The van der Waals surface area contributed by atoms with Crippen molar-refractivity contribution < 1.29 is 4.21 Å². The van der Waals surface area contributed by atoms with Crippen molar-refractivity contribution in [2.24, 2.45) is 0 Å². The first kappa shape index (κ1) is 17.6. The molecule has 4 aromatic carbocycles. The summed E-state index contributed by atoms with van der Waals surface area (Å²) < 4.78 is 13.2. The van der Waals surface area contributed by atoms with E-state index >= 15 is 0 Å². The smallest absolute Gasteiger partial charge is 0.0870 e. The van der Waals surface area contributed by atoms with E-state index in [-0.39, 0.29) is 0 Å². The van der Waals surface area contributed by atoms with Crippen LogP contribution in [0.1, 0.15) is 0 Å². The summed E-state index contributed by atoms with van der Waals surface area (Å²) in [6.45, 7) is 0. The zero-order chi connectivity index (χ0) is 19.6. The molecule has 0 amide bonds. The molecule has 0 saturated carbocycles. The second-order valence-corrected chi connectivity index (χ2v) is 8.17. The van der Waals surface area contributed by atoms with Crippen LogP contribution >= 0.6 is 0 Å². The van der Waals surface area contributed by atoms with E-state index in [1.807, 2.05) is 91.0 Å². The van der Waals surface area contributed by atoms with Gasteiger partial charge in [0.25, 0.3) is 0 Å². The van der Waals surface area contributed by atoms with Gasteiger partial charge in [-0.1, -0.05) is 66.7 Å². The van der Waals surface area contributed by atoms with E-state index in [0.29, 0.717) is 0 Å². The predicted molar refractivity (Wildman–Crippen MR) is 120 cm³/mol. The lowest BCUT2D eigenvalue weighted by molar-refractivity contribution is 0.683. The standard InChI is InChI=1S/C25H18N2OS/c28-29(18-10-2-1-3-11-18)24-17-9-8-16-23(24)27-25-19-12-4-6-14-21(19)26-22-15-7-5-13-20(22)25/h1-17H,(H,26,27). The molecule has 0 spiro atoms. The zero-order valence-corrected chi connectivity index (χ0v) is 16.4. The van der Waals surface area contributed by atoms with Crippen LogP contribution in [0.4, 0.5) is 11.4 Å². The SMILES string of the molecule is O=S(c1ccccc1)c1ccccc1Nc1c2ccccc2nc2ccccc12. The minimum Gasteiger partial charge on any atom is -0.353 e. The lowest BCUT2D eigenvalue weighted by Gasteiger charge is -2.16. The molecule has 0 aliphatic rings. The topological polar surface area (TPSA) is 42.0 Å². The van der Waals surface area contributed by atoms with Crippen molar-refractivity contribution in [3.05, 3.63) is 103 Å². The molecule has 1 unspecified atom stereocenters. The molecule has 1 N–H and O–H groups in total. The van der Waals surface area contributed by atoms with Crippen molar-refractivity contribution in [1.82, 2.24) is 4.98 Å². The summed E-state index contributed by atoms with van der Waals surface area (Å²) in [5, 5.41) is 5.64. The number of fused-ring (bicyclic) bond motifs is 2. The van der Waals surface area contributed by atoms with Crippen molar-refractivity contribution in [3.8, 4) is 0 Å². The molecule has 5 aromatic rings. The van der Waals surface area contributed by atoms with Crippen molar-refractivity contribution in [2.45, 2.75) is 9.79 Å². The van der Waals surface area contributed by atoms with E-state index in [9.17, 15) is 4.21 Å². The first-order chi connectivity index (χ1) is 14.3. The normalized spacial score (nSPS) is 12.1. The number of rotatable bonds is 4. The summed E-state index contributed by atoms with van der Waals surface area (Å²) in [5.74, 6) is 0. The van der Waals surface area contributed by atoms with Crippen LogP contribution in [-0.2, 0) is 10.8 Å². The maximum Gasteiger partial charge on any atom is 0.0870 e. The van der Waals surface area contributed by atoms with E-state index in [1.165, 1.54) is 0 Å². The third-order valence-corrected chi connectivity index (χ3v) is 6.35. The maximum atomic E-state index is 13.2. The highest BCUT2D eigenvalue weighted by atomic mass is 32.2. The van der Waals surface area contributed by atoms with E-state index in [4.69, 9.17) is 4.98 Å². The Morgan fingerprint density at radius 2 is 1.17 bits per heavy atom. The van der Waals surface area contributed by atoms with Gasteiger partial charge in [0.2, 0.25) is 0 Å². The number of pyridine rings is 1. The van der Waals surface area contributed by atoms with Gasteiger partial charge in [0.1, 0.15) is 0 Å². The Kier molecular flexibility index (Phi) is 4.54. The highest BCUT2D eigenvalue weighted by Gasteiger charge is 2.14. The van der Waals surface area contributed by atoms with Gasteiger partial charge in [0.05, 0.1) is 38.1 Å². The molecular weight excluding hydrogens is 376 g/mol. The van der Waals surface area contributed by atoms with Crippen molar-refractivity contribution in [2.75, 3.05) is 5.32 Å². The molecule has 1 heterocycles. The molecule has 0 saturated heterocycles. The highest BCUT2D eigenvalue weighted by Crippen LogP contribution is 2.35. The fourth-order valence-corrected chi connectivity index (χ4v) is 4.69. The quantitative estimate of drug-likeness (QED) is 0.364. The number of anilines is 2. The van der Waals surface area contributed by atoms with Crippen LogP contribution in [0, 0.1) is 0 Å². The largest absolute Gasteiger partial charge is 0.353 e. The van der Waals surface area contributed by atoms with Crippen LogP contribution in [0.5, 0.6) is 0 Å². The molecule has 0 fully saturated rings. The molecule has 0 radical (unpaired) electrons. The third kappa shape index (κ3) is 3.28. The summed E-state index contributed by atoms with van der Waals surface area (Å²) >= 11 is 0. The van der Waals surface area contributed by atoms with Gasteiger partial charge in [0.15, 0.2) is 0 Å². The van der Waals surface area contributed by atoms with E-state index < -0.39 is 10.8 Å². The lowest BCUT2D eigenvalue weighted by atomic mass is 10.1. The number of hydrogen-bond acceptors (Lipinski definition) is 3. The second kappa shape index (κ2) is 7.49. The van der Waals surface area contributed by atoms with Crippen molar-refractivity contribution in [1.29, 1.82) is 0 Å². The molecule has 4 heteroatoms. The molecule has 1 aromatic heterocycles. The van der Waals surface area contributed by atoms with E-state index in [0.717, 1.165) is 43.0 Å². The minimum absolute atomic E-state index is 0.753. The molecule has 140 valence electrons. The highest BCUT2D eigenvalue weighted by molar-refractivity contribution is 7.85. The Labute approximate surface area is 171 Å². The number of benzene rings is 4. The summed E-state index contributed by atoms with van der Waals surface area (Å²) in [4.78, 5) is 6.32. The van der Waals surface area contributed by atoms with E-state index in [2.05, 4.69) is 17.4 Å². The van der Waals surface area contributed by atoms with Gasteiger partial charge in [-0.25, -0.2) is 9.19 Å². The average Bonchev–Trinajstić information content (AvgIpc) is 2.79. The van der Waals surface area contributed by atoms with E-state index in [1.54, 1.807) is 0 Å². The summed E-state index contributed by atoms with van der Waals surface area (Å²) in [6.07, 6.45) is 0. The van der Waals surface area contributed by atoms with Crippen LogP contribution < -0.4 is 5.32 Å². The number of nitrogens with one attached hydrogen (secondary N) is 1. The molecule has 0 aliphatic carbocycles. The summed E-state index contributed by atoms with van der Waals surface area (Å²) in [7, 11) is -1.28. The molecule has 29 heavy (non-hydrogen) atoms. The zero-order valence-electron chi connectivity index (χ0n) is 15.6. The molecule has 1 atom stereocenters. The predicted octanol–water partition coefficient (Wildman–Crippen LogP) is 6.30. The molecule has 0 aliphatic heterocycles.